The van der Waals surface area contributed by atoms with E-state index >= 15 is 0 Å². The lowest BCUT2D eigenvalue weighted by molar-refractivity contribution is 0.103. The number of carbonyl (C=O) groups is 1. The van der Waals surface area contributed by atoms with E-state index in [1.807, 2.05) is 0 Å². The molecular formula is C15H11ClF2O. The van der Waals surface area contributed by atoms with Crippen LogP contribution in [0.25, 0.3) is 0 Å². The average Bonchev–Trinajstić information content (AvgIpc) is 2.39. The topological polar surface area (TPSA) is 17.1 Å². The third-order valence-electron chi connectivity index (χ3n) is 2.95. The molecule has 2 rings (SSSR count). The lowest BCUT2D eigenvalue weighted by Gasteiger charge is -2.06. The van der Waals surface area contributed by atoms with Gasteiger partial charge >= 0.3 is 0 Å². The fourth-order valence-electron chi connectivity index (χ4n) is 1.71. The molecule has 0 aliphatic rings. The summed E-state index contributed by atoms with van der Waals surface area (Å²) < 4.78 is 27.2. The fourth-order valence-corrected chi connectivity index (χ4v) is 1.89. The van der Waals surface area contributed by atoms with Crippen LogP contribution in [0, 0.1) is 25.5 Å². The molecule has 2 aromatic carbocycles. The van der Waals surface area contributed by atoms with Crippen molar-refractivity contribution in [2.75, 3.05) is 0 Å². The summed E-state index contributed by atoms with van der Waals surface area (Å²) in [4.78, 5) is 12.1. The normalized spacial score (nSPS) is 10.6. The molecule has 0 bridgehead atoms. The summed E-state index contributed by atoms with van der Waals surface area (Å²) in [6.45, 7) is 3.23. The molecule has 0 aliphatic carbocycles. The SMILES string of the molecule is Cc1ccc(C(=O)c2ccc(C)c(F)c2F)cc1Cl. The molecule has 4 heteroatoms. The molecule has 1 nitrogen and oxygen atoms in total. The zero-order valence-corrected chi connectivity index (χ0v) is 11.2. The molecule has 0 N–H and O–H groups in total. The van der Waals surface area contributed by atoms with Gasteiger partial charge in [0.15, 0.2) is 17.4 Å². The maximum absolute atomic E-state index is 13.7. The molecule has 0 unspecified atom stereocenters. The Labute approximate surface area is 114 Å². The molecule has 0 fully saturated rings. The van der Waals surface area contributed by atoms with Crippen LogP contribution >= 0.6 is 11.6 Å². The Morgan fingerprint density at radius 1 is 1.00 bits per heavy atom. The zero-order valence-electron chi connectivity index (χ0n) is 10.4. The van der Waals surface area contributed by atoms with Crippen LogP contribution in [0.2, 0.25) is 5.02 Å². The number of benzene rings is 2. The molecule has 0 saturated carbocycles. The van der Waals surface area contributed by atoms with Gasteiger partial charge in [0.1, 0.15) is 0 Å². The van der Waals surface area contributed by atoms with Crippen molar-refractivity contribution in [3.63, 3.8) is 0 Å². The lowest BCUT2D eigenvalue weighted by Crippen LogP contribution is -2.07. The van der Waals surface area contributed by atoms with Crippen LogP contribution in [0.15, 0.2) is 30.3 Å². The second kappa shape index (κ2) is 5.10. The number of halogens is 3. The molecule has 98 valence electrons. The predicted octanol–water partition coefficient (Wildman–Crippen LogP) is 4.47. The van der Waals surface area contributed by atoms with E-state index in [0.717, 1.165) is 5.56 Å². The summed E-state index contributed by atoms with van der Waals surface area (Å²) >= 11 is 5.92. The van der Waals surface area contributed by atoms with Crippen LogP contribution in [-0.4, -0.2) is 5.78 Å². The van der Waals surface area contributed by atoms with Gasteiger partial charge in [-0.15, -0.1) is 0 Å². The number of ketones is 1. The third kappa shape index (κ3) is 2.51. The quantitative estimate of drug-likeness (QED) is 0.742. The maximum atomic E-state index is 13.7. The predicted molar refractivity (Wildman–Crippen MR) is 70.7 cm³/mol. The highest BCUT2D eigenvalue weighted by molar-refractivity contribution is 6.31. The highest BCUT2D eigenvalue weighted by Crippen LogP contribution is 2.22. The minimum absolute atomic E-state index is 0.163. The van der Waals surface area contributed by atoms with E-state index in [1.165, 1.54) is 25.1 Å². The first kappa shape index (κ1) is 13.7. The highest BCUT2D eigenvalue weighted by Gasteiger charge is 2.18. The number of carbonyl (C=O) groups excluding carboxylic acids is 1. The molecule has 19 heavy (non-hydrogen) atoms. The Hall–Kier alpha value is -1.74. The first-order chi connectivity index (χ1) is 8.91. The van der Waals surface area contributed by atoms with Gasteiger partial charge in [-0.3, -0.25) is 4.79 Å². The van der Waals surface area contributed by atoms with E-state index in [4.69, 9.17) is 11.6 Å². The molecule has 0 saturated heterocycles. The van der Waals surface area contributed by atoms with Crippen LogP contribution in [0.3, 0.4) is 0 Å². The van der Waals surface area contributed by atoms with Crippen molar-refractivity contribution in [3.05, 3.63) is 69.2 Å². The van der Waals surface area contributed by atoms with Crippen molar-refractivity contribution in [1.29, 1.82) is 0 Å². The minimum Gasteiger partial charge on any atom is -0.288 e. The Morgan fingerprint density at radius 2 is 1.63 bits per heavy atom. The number of hydrogen-bond donors (Lipinski definition) is 0. The summed E-state index contributed by atoms with van der Waals surface area (Å²) in [6, 6.07) is 7.32. The van der Waals surface area contributed by atoms with Gasteiger partial charge in [-0.25, -0.2) is 8.78 Å². The van der Waals surface area contributed by atoms with Crippen molar-refractivity contribution in [2.24, 2.45) is 0 Å². The Bertz CT molecular complexity index is 665. The monoisotopic (exact) mass is 280 g/mol. The van der Waals surface area contributed by atoms with E-state index in [9.17, 15) is 13.6 Å². The highest BCUT2D eigenvalue weighted by atomic mass is 35.5. The summed E-state index contributed by atoms with van der Waals surface area (Å²) in [5, 5.41) is 0.416. The Morgan fingerprint density at radius 3 is 2.26 bits per heavy atom. The van der Waals surface area contributed by atoms with E-state index < -0.39 is 17.4 Å². The van der Waals surface area contributed by atoms with Crippen LogP contribution in [0.4, 0.5) is 8.78 Å². The second-order valence-corrected chi connectivity index (χ2v) is 4.76. The molecule has 0 radical (unpaired) electrons. The summed E-state index contributed by atoms with van der Waals surface area (Å²) in [7, 11) is 0. The van der Waals surface area contributed by atoms with Crippen molar-refractivity contribution < 1.29 is 13.6 Å². The van der Waals surface area contributed by atoms with Gasteiger partial charge < -0.3 is 0 Å². The zero-order chi connectivity index (χ0) is 14.2. The van der Waals surface area contributed by atoms with Gasteiger partial charge in [-0.1, -0.05) is 29.8 Å². The van der Waals surface area contributed by atoms with Gasteiger partial charge in [0, 0.05) is 10.6 Å². The van der Waals surface area contributed by atoms with Gasteiger partial charge in [-0.2, -0.15) is 0 Å². The third-order valence-corrected chi connectivity index (χ3v) is 3.36. The summed E-state index contributed by atoms with van der Waals surface area (Å²) in [5.41, 5.74) is 0.922. The minimum atomic E-state index is -1.12. The molecule has 0 aliphatic heterocycles. The van der Waals surface area contributed by atoms with E-state index in [1.54, 1.807) is 19.1 Å². The number of aryl methyl sites for hydroxylation is 2. The molecular weight excluding hydrogens is 270 g/mol. The van der Waals surface area contributed by atoms with Crippen molar-refractivity contribution in [3.8, 4) is 0 Å². The largest absolute Gasteiger partial charge is 0.288 e. The van der Waals surface area contributed by atoms with E-state index in [2.05, 4.69) is 0 Å². The van der Waals surface area contributed by atoms with Gasteiger partial charge in [0.05, 0.1) is 5.56 Å². The smallest absolute Gasteiger partial charge is 0.196 e. The molecule has 0 amide bonds. The number of hydrogen-bond acceptors (Lipinski definition) is 1. The van der Waals surface area contributed by atoms with Gasteiger partial charge in [-0.05, 0) is 37.1 Å². The van der Waals surface area contributed by atoms with E-state index in [-0.39, 0.29) is 16.7 Å². The first-order valence-electron chi connectivity index (χ1n) is 5.67. The molecule has 2 aromatic rings. The lowest BCUT2D eigenvalue weighted by atomic mass is 10.0. The Kier molecular flexibility index (Phi) is 3.67. The van der Waals surface area contributed by atoms with E-state index in [0.29, 0.717) is 5.02 Å². The molecule has 0 spiro atoms. The fraction of sp³-hybridized carbons (Fsp3) is 0.133. The summed E-state index contributed by atoms with van der Waals surface area (Å²) in [6.07, 6.45) is 0. The first-order valence-corrected chi connectivity index (χ1v) is 6.05. The standard InChI is InChI=1S/C15H11ClF2O/c1-8-3-5-10(7-12(8)16)15(19)11-6-4-9(2)13(17)14(11)18/h3-7H,1-2H3. The van der Waals surface area contributed by atoms with Gasteiger partial charge in [0.25, 0.3) is 0 Å². The second-order valence-electron chi connectivity index (χ2n) is 4.35. The average molecular weight is 281 g/mol. The summed E-state index contributed by atoms with van der Waals surface area (Å²) in [5.74, 6) is -2.70. The maximum Gasteiger partial charge on any atom is 0.196 e. The van der Waals surface area contributed by atoms with Crippen LogP contribution in [0.5, 0.6) is 0 Å². The van der Waals surface area contributed by atoms with Crippen LogP contribution in [0.1, 0.15) is 27.0 Å². The van der Waals surface area contributed by atoms with Gasteiger partial charge in [0.2, 0.25) is 0 Å². The van der Waals surface area contributed by atoms with Crippen molar-refractivity contribution in [1.82, 2.24) is 0 Å². The van der Waals surface area contributed by atoms with Crippen molar-refractivity contribution in [2.45, 2.75) is 13.8 Å². The van der Waals surface area contributed by atoms with Crippen LogP contribution in [-0.2, 0) is 0 Å². The molecule has 0 atom stereocenters. The molecule has 0 aromatic heterocycles. The Balaban J connectivity index is 2.50. The molecule has 0 heterocycles. The number of rotatable bonds is 2. The van der Waals surface area contributed by atoms with Crippen molar-refractivity contribution >= 4 is 17.4 Å². The van der Waals surface area contributed by atoms with Crippen LogP contribution < -0.4 is 0 Å².